The van der Waals surface area contributed by atoms with E-state index in [-0.39, 0.29) is 5.54 Å². The molecule has 2 aromatic heterocycles. The SMILES string of the molecule is Cc1cc(NC(C)(C)CCl)n2ncnc2c1. The van der Waals surface area contributed by atoms with Crippen molar-refractivity contribution in [2.24, 2.45) is 0 Å². The molecular formula is C11H15ClN4. The van der Waals surface area contributed by atoms with Crippen LogP contribution in [0.5, 0.6) is 0 Å². The second-order valence-corrected chi connectivity index (χ2v) is 4.86. The van der Waals surface area contributed by atoms with Crippen molar-refractivity contribution in [3.05, 3.63) is 24.0 Å². The summed E-state index contributed by atoms with van der Waals surface area (Å²) < 4.78 is 1.78. The van der Waals surface area contributed by atoms with Gasteiger partial charge in [0.15, 0.2) is 5.65 Å². The quantitative estimate of drug-likeness (QED) is 0.836. The third-order valence-electron chi connectivity index (χ3n) is 2.32. The molecule has 0 saturated heterocycles. The molecule has 1 N–H and O–H groups in total. The number of fused-ring (bicyclic) bond motifs is 1. The van der Waals surface area contributed by atoms with Gasteiger partial charge in [0.2, 0.25) is 0 Å². The molecule has 0 unspecified atom stereocenters. The Hall–Kier alpha value is -1.29. The number of nitrogens with one attached hydrogen (secondary N) is 1. The van der Waals surface area contributed by atoms with Crippen LogP contribution in [0.2, 0.25) is 0 Å². The number of alkyl halides is 1. The van der Waals surface area contributed by atoms with Crippen LogP contribution in [0.25, 0.3) is 5.65 Å². The van der Waals surface area contributed by atoms with Gasteiger partial charge in [-0.15, -0.1) is 11.6 Å². The first-order valence-electron chi connectivity index (χ1n) is 5.16. The van der Waals surface area contributed by atoms with E-state index in [9.17, 15) is 0 Å². The fourth-order valence-corrected chi connectivity index (χ4v) is 1.59. The zero-order valence-corrected chi connectivity index (χ0v) is 10.4. The average Bonchev–Trinajstić information content (AvgIpc) is 2.65. The Morgan fingerprint density at radius 3 is 2.88 bits per heavy atom. The van der Waals surface area contributed by atoms with Crippen LogP contribution in [-0.2, 0) is 0 Å². The minimum absolute atomic E-state index is 0.172. The van der Waals surface area contributed by atoms with Crippen molar-refractivity contribution in [1.82, 2.24) is 14.6 Å². The fraction of sp³-hybridized carbons (Fsp3) is 0.455. The molecule has 5 heteroatoms. The Balaban J connectivity index is 2.47. The monoisotopic (exact) mass is 238 g/mol. The van der Waals surface area contributed by atoms with Gasteiger partial charge in [-0.2, -0.15) is 9.61 Å². The van der Waals surface area contributed by atoms with E-state index in [2.05, 4.69) is 15.4 Å². The smallest absolute Gasteiger partial charge is 0.157 e. The van der Waals surface area contributed by atoms with E-state index in [0.29, 0.717) is 5.88 Å². The van der Waals surface area contributed by atoms with Gasteiger partial charge >= 0.3 is 0 Å². The molecule has 16 heavy (non-hydrogen) atoms. The Bertz CT molecular complexity index is 504. The average molecular weight is 239 g/mol. The van der Waals surface area contributed by atoms with Gasteiger partial charge in [-0.1, -0.05) is 0 Å². The molecule has 2 heterocycles. The maximum atomic E-state index is 5.90. The van der Waals surface area contributed by atoms with Gasteiger partial charge in [0, 0.05) is 11.4 Å². The molecule has 0 fully saturated rings. The molecule has 0 atom stereocenters. The third-order valence-corrected chi connectivity index (χ3v) is 2.99. The van der Waals surface area contributed by atoms with Crippen LogP contribution in [0.3, 0.4) is 0 Å². The van der Waals surface area contributed by atoms with Crippen molar-refractivity contribution in [3.63, 3.8) is 0 Å². The van der Waals surface area contributed by atoms with Gasteiger partial charge in [-0.05, 0) is 38.5 Å². The largest absolute Gasteiger partial charge is 0.364 e. The van der Waals surface area contributed by atoms with Gasteiger partial charge in [-0.25, -0.2) is 4.98 Å². The van der Waals surface area contributed by atoms with Crippen LogP contribution in [0.15, 0.2) is 18.5 Å². The maximum Gasteiger partial charge on any atom is 0.157 e. The van der Waals surface area contributed by atoms with Crippen molar-refractivity contribution < 1.29 is 0 Å². The lowest BCUT2D eigenvalue weighted by molar-refractivity contribution is 0.633. The van der Waals surface area contributed by atoms with Crippen molar-refractivity contribution in [2.45, 2.75) is 26.3 Å². The van der Waals surface area contributed by atoms with E-state index in [1.807, 2.05) is 32.9 Å². The number of rotatable bonds is 3. The molecule has 0 aromatic carbocycles. The third kappa shape index (κ3) is 2.11. The number of nitrogens with zero attached hydrogens (tertiary/aromatic N) is 3. The van der Waals surface area contributed by atoms with E-state index in [0.717, 1.165) is 17.0 Å². The number of aryl methyl sites for hydroxylation is 1. The van der Waals surface area contributed by atoms with E-state index in [1.165, 1.54) is 0 Å². The van der Waals surface area contributed by atoms with Crippen LogP contribution in [0.1, 0.15) is 19.4 Å². The number of hydrogen-bond acceptors (Lipinski definition) is 3. The minimum Gasteiger partial charge on any atom is -0.364 e. The van der Waals surface area contributed by atoms with Crippen molar-refractivity contribution in [1.29, 1.82) is 0 Å². The van der Waals surface area contributed by atoms with Crippen LogP contribution in [-0.4, -0.2) is 26.0 Å². The first-order valence-corrected chi connectivity index (χ1v) is 5.70. The summed E-state index contributed by atoms with van der Waals surface area (Å²) in [4.78, 5) is 4.17. The summed E-state index contributed by atoms with van der Waals surface area (Å²) in [5.41, 5.74) is 1.81. The molecule has 0 aliphatic rings. The Morgan fingerprint density at radius 1 is 1.44 bits per heavy atom. The van der Waals surface area contributed by atoms with Crippen molar-refractivity contribution >= 4 is 23.1 Å². The summed E-state index contributed by atoms with van der Waals surface area (Å²) >= 11 is 5.90. The summed E-state index contributed by atoms with van der Waals surface area (Å²) in [6.45, 7) is 6.13. The summed E-state index contributed by atoms with van der Waals surface area (Å²) in [5.74, 6) is 1.44. The number of anilines is 1. The molecule has 86 valence electrons. The maximum absolute atomic E-state index is 5.90. The van der Waals surface area contributed by atoms with E-state index in [4.69, 9.17) is 11.6 Å². The van der Waals surface area contributed by atoms with Crippen molar-refractivity contribution in [3.8, 4) is 0 Å². The lowest BCUT2D eigenvalue weighted by atomic mass is 10.1. The number of halogens is 1. The highest BCUT2D eigenvalue weighted by Crippen LogP contribution is 2.18. The van der Waals surface area contributed by atoms with Crippen LogP contribution in [0.4, 0.5) is 5.82 Å². The molecule has 0 aliphatic carbocycles. The molecular weight excluding hydrogens is 224 g/mol. The van der Waals surface area contributed by atoms with Crippen LogP contribution >= 0.6 is 11.6 Å². The number of hydrogen-bond donors (Lipinski definition) is 1. The number of pyridine rings is 1. The summed E-state index contributed by atoms with van der Waals surface area (Å²) in [6.07, 6.45) is 1.55. The lowest BCUT2D eigenvalue weighted by Gasteiger charge is -2.25. The van der Waals surface area contributed by atoms with Gasteiger partial charge in [0.05, 0.1) is 0 Å². The zero-order chi connectivity index (χ0) is 11.8. The second kappa shape index (κ2) is 3.94. The molecule has 4 nitrogen and oxygen atoms in total. The Labute approximate surface area is 99.6 Å². The topological polar surface area (TPSA) is 42.2 Å². The molecule has 0 bridgehead atoms. The fourth-order valence-electron chi connectivity index (χ4n) is 1.53. The Morgan fingerprint density at radius 2 is 2.19 bits per heavy atom. The summed E-state index contributed by atoms with van der Waals surface area (Å²) in [6, 6.07) is 4.03. The van der Waals surface area contributed by atoms with Gasteiger partial charge < -0.3 is 5.32 Å². The van der Waals surface area contributed by atoms with Gasteiger partial charge in [0.25, 0.3) is 0 Å². The predicted molar refractivity (Wildman–Crippen MR) is 66.1 cm³/mol. The van der Waals surface area contributed by atoms with E-state index >= 15 is 0 Å². The summed E-state index contributed by atoms with van der Waals surface area (Å²) in [7, 11) is 0. The molecule has 0 spiro atoms. The van der Waals surface area contributed by atoms with Gasteiger partial charge in [0.1, 0.15) is 12.1 Å². The highest BCUT2D eigenvalue weighted by atomic mass is 35.5. The van der Waals surface area contributed by atoms with Gasteiger partial charge in [-0.3, -0.25) is 0 Å². The molecule has 0 radical (unpaired) electrons. The zero-order valence-electron chi connectivity index (χ0n) is 9.66. The molecule has 0 amide bonds. The van der Waals surface area contributed by atoms with Crippen molar-refractivity contribution in [2.75, 3.05) is 11.2 Å². The molecule has 0 saturated carbocycles. The first kappa shape index (κ1) is 11.2. The number of aromatic nitrogens is 3. The van der Waals surface area contributed by atoms with Crippen LogP contribution < -0.4 is 5.32 Å². The lowest BCUT2D eigenvalue weighted by Crippen LogP contribution is -2.33. The molecule has 2 rings (SSSR count). The Kier molecular flexibility index (Phi) is 2.76. The van der Waals surface area contributed by atoms with E-state index in [1.54, 1.807) is 10.8 Å². The normalized spacial score (nSPS) is 12.0. The highest BCUT2D eigenvalue weighted by molar-refractivity contribution is 6.18. The predicted octanol–water partition coefficient (Wildman–Crippen LogP) is 2.47. The first-order chi connectivity index (χ1) is 7.52. The molecule has 2 aromatic rings. The summed E-state index contributed by atoms with van der Waals surface area (Å²) in [5, 5.41) is 7.54. The standard InChI is InChI=1S/C11H15ClN4/c1-8-4-9-13-7-14-16(9)10(5-8)15-11(2,3)6-12/h4-5,7,15H,6H2,1-3H3. The highest BCUT2D eigenvalue weighted by Gasteiger charge is 2.17. The molecule has 0 aliphatic heterocycles. The minimum atomic E-state index is -0.172. The van der Waals surface area contributed by atoms with Crippen LogP contribution in [0, 0.1) is 6.92 Å². The van der Waals surface area contributed by atoms with E-state index < -0.39 is 0 Å². The second-order valence-electron chi connectivity index (χ2n) is 4.59.